The van der Waals surface area contributed by atoms with Crippen molar-refractivity contribution in [3.8, 4) is 0 Å². The molecule has 5 nitrogen and oxygen atoms in total. The lowest BCUT2D eigenvalue weighted by Gasteiger charge is -2.28. The topological polar surface area (TPSA) is 75.7 Å². The number of quaternary nitrogens is 1. The fourth-order valence-electron chi connectivity index (χ4n) is 3.96. The Hall–Kier alpha value is -1.46. The lowest BCUT2D eigenvalue weighted by molar-refractivity contribution is -0.775. The van der Waals surface area contributed by atoms with E-state index < -0.39 is 5.97 Å². The molecule has 0 spiro atoms. The first-order valence-corrected chi connectivity index (χ1v) is 11.9. The number of unbranched alkanes of at least 4 members (excludes halogenated alkanes) is 13. The van der Waals surface area contributed by atoms with Crippen molar-refractivity contribution in [2.75, 3.05) is 19.6 Å². The maximum absolute atomic E-state index is 11.2. The van der Waals surface area contributed by atoms with Gasteiger partial charge in [0.15, 0.2) is 6.54 Å². The molecule has 1 heterocycles. The van der Waals surface area contributed by atoms with Gasteiger partial charge >= 0.3 is 5.97 Å². The molecule has 0 bridgehead atoms. The predicted molar refractivity (Wildman–Crippen MR) is 123 cm³/mol. The highest BCUT2D eigenvalue weighted by Gasteiger charge is 2.35. The number of nitrogens with zero attached hydrogens (tertiary/aromatic N) is 2. The van der Waals surface area contributed by atoms with Gasteiger partial charge in [0.1, 0.15) is 12.7 Å². The average Bonchev–Trinajstić information content (AvgIpc) is 3.06. The van der Waals surface area contributed by atoms with E-state index in [-0.39, 0.29) is 11.0 Å². The molecule has 1 unspecified atom stereocenters. The standard InChI is InChI=1S/C24H43N3O2/c1-2-3-4-5-6-7-8-9-10-11-12-13-14-15-16-17-23-26-19-21-27(23,20-18-25)22-24(28)29/h16-17,19,21H,2-15,18,20,22,25H2,1H3/p+1/b17-16+. The second kappa shape index (κ2) is 16.3. The number of amidine groups is 1. The Balaban J connectivity index is 2.06. The zero-order chi connectivity index (χ0) is 21.2. The molecule has 1 aliphatic heterocycles. The van der Waals surface area contributed by atoms with E-state index in [0.29, 0.717) is 13.1 Å². The van der Waals surface area contributed by atoms with Crippen LogP contribution in [-0.4, -0.2) is 41.0 Å². The third-order valence-corrected chi connectivity index (χ3v) is 5.70. The first kappa shape index (κ1) is 25.6. The molecule has 0 amide bonds. The summed E-state index contributed by atoms with van der Waals surface area (Å²) < 4.78 is 0.223. The maximum Gasteiger partial charge on any atom is 0.360 e. The van der Waals surface area contributed by atoms with E-state index in [1.165, 1.54) is 83.5 Å². The van der Waals surface area contributed by atoms with Gasteiger partial charge < -0.3 is 10.8 Å². The second-order valence-electron chi connectivity index (χ2n) is 8.32. The summed E-state index contributed by atoms with van der Waals surface area (Å²) in [5.41, 5.74) is 5.70. The summed E-state index contributed by atoms with van der Waals surface area (Å²) in [5, 5.41) is 9.22. The predicted octanol–water partition coefficient (Wildman–Crippen LogP) is 5.77. The molecule has 3 N–H and O–H groups in total. The van der Waals surface area contributed by atoms with Crippen molar-refractivity contribution < 1.29 is 14.4 Å². The van der Waals surface area contributed by atoms with E-state index in [4.69, 9.17) is 5.73 Å². The molecule has 0 saturated carbocycles. The summed E-state index contributed by atoms with van der Waals surface area (Å²) in [6, 6.07) is 0. The molecule has 0 aliphatic carbocycles. The molecule has 0 fully saturated rings. The highest BCUT2D eigenvalue weighted by Crippen LogP contribution is 2.18. The van der Waals surface area contributed by atoms with E-state index in [2.05, 4.69) is 18.0 Å². The molecule has 0 saturated heterocycles. The lowest BCUT2D eigenvalue weighted by atomic mass is 10.0. The van der Waals surface area contributed by atoms with Gasteiger partial charge in [0.25, 0.3) is 0 Å². The third-order valence-electron chi connectivity index (χ3n) is 5.70. The van der Waals surface area contributed by atoms with Crippen LogP contribution in [0.25, 0.3) is 0 Å². The van der Waals surface area contributed by atoms with E-state index in [1.807, 2.05) is 12.3 Å². The van der Waals surface area contributed by atoms with Crippen molar-refractivity contribution in [3.05, 3.63) is 24.6 Å². The van der Waals surface area contributed by atoms with Crippen LogP contribution in [0.4, 0.5) is 0 Å². The van der Waals surface area contributed by atoms with Crippen LogP contribution >= 0.6 is 0 Å². The van der Waals surface area contributed by atoms with Crippen molar-refractivity contribution in [2.45, 2.75) is 96.8 Å². The number of carboxylic acids is 1. The van der Waals surface area contributed by atoms with Gasteiger partial charge in [-0.3, -0.25) is 0 Å². The number of rotatable bonds is 19. The Bertz CT molecular complexity index is 528. The second-order valence-corrected chi connectivity index (χ2v) is 8.32. The van der Waals surface area contributed by atoms with Gasteiger partial charge in [-0.15, -0.1) is 0 Å². The van der Waals surface area contributed by atoms with Crippen molar-refractivity contribution in [1.29, 1.82) is 0 Å². The first-order chi connectivity index (χ1) is 14.1. The van der Waals surface area contributed by atoms with E-state index in [1.54, 1.807) is 6.20 Å². The van der Waals surface area contributed by atoms with Crippen LogP contribution < -0.4 is 5.73 Å². The van der Waals surface area contributed by atoms with Crippen molar-refractivity contribution in [3.63, 3.8) is 0 Å². The number of hydrogen-bond acceptors (Lipinski definition) is 3. The molecule has 1 atom stereocenters. The SMILES string of the molecule is CCCCCCCCCCCCCCC/C=C/C1=NC=C[N+]1(CCN)CC(=O)O. The van der Waals surface area contributed by atoms with Gasteiger partial charge in [0.2, 0.25) is 5.84 Å². The molecule has 29 heavy (non-hydrogen) atoms. The number of hydrogen-bond donors (Lipinski definition) is 2. The van der Waals surface area contributed by atoms with E-state index in [9.17, 15) is 9.90 Å². The molecule has 166 valence electrons. The Labute approximate surface area is 178 Å². The number of aliphatic carboxylic acids is 1. The van der Waals surface area contributed by atoms with Crippen LogP contribution in [0, 0.1) is 0 Å². The number of nitrogens with two attached hydrogens (primary N) is 1. The minimum atomic E-state index is -0.831. The Kier molecular flexibility index (Phi) is 14.4. The zero-order valence-corrected chi connectivity index (χ0v) is 18.7. The van der Waals surface area contributed by atoms with Crippen LogP contribution in [0.1, 0.15) is 96.8 Å². The van der Waals surface area contributed by atoms with Gasteiger partial charge in [-0.1, -0.05) is 90.0 Å². The van der Waals surface area contributed by atoms with Crippen molar-refractivity contribution in [2.24, 2.45) is 10.7 Å². The summed E-state index contributed by atoms with van der Waals surface area (Å²) in [6.07, 6.45) is 26.4. The van der Waals surface area contributed by atoms with E-state index in [0.717, 1.165) is 12.3 Å². The first-order valence-electron chi connectivity index (χ1n) is 11.9. The van der Waals surface area contributed by atoms with Gasteiger partial charge in [-0.25, -0.2) is 9.28 Å². The van der Waals surface area contributed by atoms with Gasteiger partial charge in [-0.2, -0.15) is 4.99 Å². The number of carboxylic acid groups (broad SMARTS) is 1. The molecule has 0 aromatic carbocycles. The Morgan fingerprint density at radius 2 is 1.55 bits per heavy atom. The number of carbonyl (C=O) groups is 1. The molecule has 0 aromatic rings. The van der Waals surface area contributed by atoms with E-state index >= 15 is 0 Å². The van der Waals surface area contributed by atoms with Gasteiger partial charge in [-0.05, 0) is 12.8 Å². The van der Waals surface area contributed by atoms with Crippen LogP contribution in [0.15, 0.2) is 29.5 Å². The number of allylic oxidation sites excluding steroid dienone is 1. The summed E-state index contributed by atoms with van der Waals surface area (Å²) in [4.78, 5) is 15.6. The highest BCUT2D eigenvalue weighted by molar-refractivity contribution is 5.90. The largest absolute Gasteiger partial charge is 0.477 e. The van der Waals surface area contributed by atoms with Gasteiger partial charge in [0, 0.05) is 12.6 Å². The Morgan fingerprint density at radius 3 is 2.07 bits per heavy atom. The lowest BCUT2D eigenvalue weighted by Crippen LogP contribution is -2.51. The van der Waals surface area contributed by atoms with Crippen LogP contribution in [0.2, 0.25) is 0 Å². The Morgan fingerprint density at radius 1 is 1.00 bits per heavy atom. The third kappa shape index (κ3) is 11.3. The maximum atomic E-state index is 11.2. The highest BCUT2D eigenvalue weighted by atomic mass is 16.4. The summed E-state index contributed by atoms with van der Waals surface area (Å²) >= 11 is 0. The van der Waals surface area contributed by atoms with Crippen molar-refractivity contribution >= 4 is 11.8 Å². The monoisotopic (exact) mass is 406 g/mol. The molecular formula is C24H44N3O2+. The minimum absolute atomic E-state index is 0.00435. The molecule has 1 rings (SSSR count). The average molecular weight is 407 g/mol. The van der Waals surface area contributed by atoms with Crippen LogP contribution in [0.3, 0.4) is 0 Å². The quantitative estimate of drug-likeness (QED) is 0.211. The molecule has 0 radical (unpaired) electrons. The molecule has 1 aliphatic rings. The van der Waals surface area contributed by atoms with Crippen molar-refractivity contribution in [1.82, 2.24) is 0 Å². The fraction of sp³-hybridized carbons (Fsp3) is 0.750. The fourth-order valence-corrected chi connectivity index (χ4v) is 3.96. The summed E-state index contributed by atoms with van der Waals surface area (Å²) in [5.74, 6) is -0.0462. The van der Waals surface area contributed by atoms with Crippen LogP contribution in [0.5, 0.6) is 0 Å². The summed E-state index contributed by atoms with van der Waals surface area (Å²) in [7, 11) is 0. The zero-order valence-electron chi connectivity index (χ0n) is 18.7. The van der Waals surface area contributed by atoms with Crippen LogP contribution in [-0.2, 0) is 4.79 Å². The van der Waals surface area contributed by atoms with Gasteiger partial charge in [0.05, 0.1) is 6.20 Å². The minimum Gasteiger partial charge on any atom is -0.477 e. The molecule has 5 heteroatoms. The summed E-state index contributed by atoms with van der Waals surface area (Å²) in [6.45, 7) is 3.26. The smallest absolute Gasteiger partial charge is 0.360 e. The normalized spacial score (nSPS) is 18.6. The molecular weight excluding hydrogens is 362 g/mol. The number of aliphatic imine (C=N–C) groups is 1. The molecule has 0 aromatic heterocycles.